The van der Waals surface area contributed by atoms with E-state index in [-0.39, 0.29) is 5.54 Å². The van der Waals surface area contributed by atoms with E-state index in [4.69, 9.17) is 11.6 Å². The number of aromatic nitrogens is 3. The summed E-state index contributed by atoms with van der Waals surface area (Å²) in [5, 5.41) is 7.58. The first-order valence-corrected chi connectivity index (χ1v) is 6.16. The van der Waals surface area contributed by atoms with Gasteiger partial charge in [-0.3, -0.25) is 0 Å². The summed E-state index contributed by atoms with van der Waals surface area (Å²) in [6.45, 7) is 10.1. The minimum absolute atomic E-state index is 0.0732. The normalized spacial score (nSPS) is 12.4. The fraction of sp³-hybridized carbons (Fsp3) is 0.818. The maximum Gasteiger partial charge on any atom is 0.140 e. The molecule has 0 saturated heterocycles. The van der Waals surface area contributed by atoms with Crippen LogP contribution in [0.25, 0.3) is 0 Å². The third-order valence-corrected chi connectivity index (χ3v) is 2.96. The number of nitrogens with one attached hydrogen (secondary N) is 1. The van der Waals surface area contributed by atoms with Crippen LogP contribution in [0.4, 0.5) is 0 Å². The van der Waals surface area contributed by atoms with E-state index < -0.39 is 0 Å². The largest absolute Gasteiger partial charge is 0.304 e. The lowest BCUT2D eigenvalue weighted by molar-refractivity contribution is 0.400. The molecular weight excluding hydrogens is 224 g/mol. The number of alkyl halides is 1. The second-order valence-electron chi connectivity index (χ2n) is 5.12. The van der Waals surface area contributed by atoms with Crippen LogP contribution < -0.4 is 5.32 Å². The zero-order valence-corrected chi connectivity index (χ0v) is 11.3. The maximum atomic E-state index is 5.85. The third kappa shape index (κ3) is 4.10. The van der Waals surface area contributed by atoms with Crippen molar-refractivity contribution in [1.29, 1.82) is 0 Å². The molecule has 0 spiro atoms. The standard InChI is InChI=1S/C11H21ClN4/c1-9(2)6-16-10(13-8-15-16)5-14-11(3,4)7-12/h8-9,14H,5-7H2,1-4H3. The van der Waals surface area contributed by atoms with Gasteiger partial charge in [-0.2, -0.15) is 5.10 Å². The second-order valence-corrected chi connectivity index (χ2v) is 5.39. The summed E-state index contributed by atoms with van der Waals surface area (Å²) >= 11 is 5.85. The number of rotatable bonds is 6. The molecule has 5 heteroatoms. The van der Waals surface area contributed by atoms with E-state index in [0.717, 1.165) is 12.4 Å². The molecule has 0 unspecified atom stereocenters. The average molecular weight is 245 g/mol. The molecular formula is C11H21ClN4. The lowest BCUT2D eigenvalue weighted by Gasteiger charge is -2.23. The van der Waals surface area contributed by atoms with Crippen LogP contribution >= 0.6 is 11.6 Å². The molecule has 0 aliphatic rings. The fourth-order valence-corrected chi connectivity index (χ4v) is 1.38. The van der Waals surface area contributed by atoms with Gasteiger partial charge in [0.05, 0.1) is 6.54 Å². The summed E-state index contributed by atoms with van der Waals surface area (Å²) in [5.74, 6) is 2.11. The van der Waals surface area contributed by atoms with E-state index in [1.54, 1.807) is 6.33 Å². The molecule has 0 saturated carbocycles. The van der Waals surface area contributed by atoms with Crippen LogP contribution in [0.2, 0.25) is 0 Å². The molecule has 1 heterocycles. The summed E-state index contributed by atoms with van der Waals surface area (Å²) < 4.78 is 1.95. The van der Waals surface area contributed by atoms with Gasteiger partial charge in [0, 0.05) is 18.0 Å². The minimum atomic E-state index is -0.0732. The maximum absolute atomic E-state index is 5.85. The zero-order valence-electron chi connectivity index (χ0n) is 10.5. The zero-order chi connectivity index (χ0) is 12.2. The van der Waals surface area contributed by atoms with Crippen molar-refractivity contribution in [3.63, 3.8) is 0 Å². The molecule has 1 aromatic heterocycles. The molecule has 0 radical (unpaired) electrons. The summed E-state index contributed by atoms with van der Waals surface area (Å²) in [7, 11) is 0. The number of hydrogen-bond acceptors (Lipinski definition) is 3. The number of halogens is 1. The van der Waals surface area contributed by atoms with Crippen LogP contribution in [0.3, 0.4) is 0 Å². The summed E-state index contributed by atoms with van der Waals surface area (Å²) in [6.07, 6.45) is 1.60. The van der Waals surface area contributed by atoms with Gasteiger partial charge in [0.2, 0.25) is 0 Å². The fourth-order valence-electron chi connectivity index (χ4n) is 1.29. The Morgan fingerprint density at radius 3 is 2.75 bits per heavy atom. The van der Waals surface area contributed by atoms with Crippen LogP contribution in [0.1, 0.15) is 33.5 Å². The van der Waals surface area contributed by atoms with Crippen molar-refractivity contribution in [3.8, 4) is 0 Å². The van der Waals surface area contributed by atoms with Gasteiger partial charge in [-0.25, -0.2) is 9.67 Å². The Balaban J connectivity index is 2.57. The van der Waals surface area contributed by atoms with Crippen molar-refractivity contribution in [1.82, 2.24) is 20.1 Å². The Morgan fingerprint density at radius 1 is 1.50 bits per heavy atom. The monoisotopic (exact) mass is 244 g/mol. The van der Waals surface area contributed by atoms with Crippen LogP contribution in [-0.2, 0) is 13.1 Å². The first kappa shape index (κ1) is 13.5. The Hall–Kier alpha value is -0.610. The predicted octanol–water partition coefficient (Wildman–Crippen LogP) is 2.04. The van der Waals surface area contributed by atoms with Crippen molar-refractivity contribution in [2.24, 2.45) is 5.92 Å². The Morgan fingerprint density at radius 2 is 2.19 bits per heavy atom. The Kier molecular flexibility index (Phi) is 4.74. The molecule has 0 aromatic carbocycles. The lowest BCUT2D eigenvalue weighted by Crippen LogP contribution is -2.41. The van der Waals surface area contributed by atoms with Gasteiger partial charge >= 0.3 is 0 Å². The van der Waals surface area contributed by atoms with E-state index in [9.17, 15) is 0 Å². The van der Waals surface area contributed by atoms with Crippen LogP contribution in [-0.4, -0.2) is 26.2 Å². The minimum Gasteiger partial charge on any atom is -0.304 e. The predicted molar refractivity (Wildman–Crippen MR) is 66.5 cm³/mol. The Labute approximate surface area is 102 Å². The molecule has 92 valence electrons. The first-order chi connectivity index (χ1) is 7.44. The molecule has 16 heavy (non-hydrogen) atoms. The smallest absolute Gasteiger partial charge is 0.140 e. The van der Waals surface area contributed by atoms with Crippen molar-refractivity contribution >= 4 is 11.6 Å². The van der Waals surface area contributed by atoms with Crippen molar-refractivity contribution < 1.29 is 0 Å². The molecule has 0 atom stereocenters. The van der Waals surface area contributed by atoms with Gasteiger partial charge in [0.25, 0.3) is 0 Å². The van der Waals surface area contributed by atoms with Crippen LogP contribution in [0.15, 0.2) is 6.33 Å². The van der Waals surface area contributed by atoms with E-state index >= 15 is 0 Å². The van der Waals surface area contributed by atoms with E-state index in [2.05, 4.69) is 43.1 Å². The van der Waals surface area contributed by atoms with Crippen LogP contribution in [0.5, 0.6) is 0 Å². The molecule has 1 rings (SSSR count). The number of nitrogens with zero attached hydrogens (tertiary/aromatic N) is 3. The number of hydrogen-bond donors (Lipinski definition) is 1. The molecule has 0 aliphatic carbocycles. The van der Waals surface area contributed by atoms with Gasteiger partial charge in [0.1, 0.15) is 12.2 Å². The van der Waals surface area contributed by atoms with E-state index in [1.807, 2.05) is 4.68 Å². The van der Waals surface area contributed by atoms with E-state index in [1.165, 1.54) is 0 Å². The van der Waals surface area contributed by atoms with Crippen LogP contribution in [0, 0.1) is 5.92 Å². The highest BCUT2D eigenvalue weighted by Crippen LogP contribution is 2.07. The molecule has 1 aromatic rings. The molecule has 1 N–H and O–H groups in total. The first-order valence-electron chi connectivity index (χ1n) is 5.62. The van der Waals surface area contributed by atoms with E-state index in [0.29, 0.717) is 18.3 Å². The molecule has 0 aliphatic heterocycles. The highest BCUT2D eigenvalue weighted by atomic mass is 35.5. The van der Waals surface area contributed by atoms with Gasteiger partial charge in [-0.1, -0.05) is 13.8 Å². The van der Waals surface area contributed by atoms with Gasteiger partial charge in [-0.05, 0) is 19.8 Å². The molecule has 4 nitrogen and oxygen atoms in total. The highest BCUT2D eigenvalue weighted by molar-refractivity contribution is 6.18. The van der Waals surface area contributed by atoms with Crippen molar-refractivity contribution in [3.05, 3.63) is 12.2 Å². The second kappa shape index (κ2) is 5.64. The van der Waals surface area contributed by atoms with Gasteiger partial charge in [-0.15, -0.1) is 11.6 Å². The summed E-state index contributed by atoms with van der Waals surface area (Å²) in [4.78, 5) is 4.25. The SMILES string of the molecule is CC(C)Cn1ncnc1CNC(C)(C)CCl. The van der Waals surface area contributed by atoms with Gasteiger partial charge < -0.3 is 5.32 Å². The quantitative estimate of drug-likeness (QED) is 0.779. The topological polar surface area (TPSA) is 42.7 Å². The Bertz CT molecular complexity index is 320. The molecule has 0 fully saturated rings. The summed E-state index contributed by atoms with van der Waals surface area (Å²) in [5.41, 5.74) is -0.0732. The summed E-state index contributed by atoms with van der Waals surface area (Å²) in [6, 6.07) is 0. The molecule has 0 bridgehead atoms. The van der Waals surface area contributed by atoms with Gasteiger partial charge in [0.15, 0.2) is 0 Å². The highest BCUT2D eigenvalue weighted by Gasteiger charge is 2.16. The van der Waals surface area contributed by atoms with Crippen molar-refractivity contribution in [2.75, 3.05) is 5.88 Å². The average Bonchev–Trinajstić information content (AvgIpc) is 2.62. The lowest BCUT2D eigenvalue weighted by atomic mass is 10.1. The third-order valence-electron chi connectivity index (χ3n) is 2.29. The molecule has 0 amide bonds. The van der Waals surface area contributed by atoms with Crippen molar-refractivity contribution in [2.45, 2.75) is 46.3 Å².